The van der Waals surface area contributed by atoms with Gasteiger partial charge in [0.05, 0.1) is 0 Å². The van der Waals surface area contributed by atoms with E-state index in [4.69, 9.17) is 0 Å². The molecule has 0 heterocycles. The zero-order valence-corrected chi connectivity index (χ0v) is 7.23. The molecular formula is C11H11O2. The Morgan fingerprint density at radius 3 is 2.77 bits per heavy atom. The van der Waals surface area contributed by atoms with E-state index in [9.17, 15) is 9.90 Å². The highest BCUT2D eigenvalue weighted by molar-refractivity contribution is 5.92. The van der Waals surface area contributed by atoms with Gasteiger partial charge in [-0.25, -0.2) is 0 Å². The van der Waals surface area contributed by atoms with Crippen LogP contribution in [-0.4, -0.2) is 17.0 Å². The fourth-order valence-corrected chi connectivity index (χ4v) is 1.02. The Balaban J connectivity index is 2.60. The van der Waals surface area contributed by atoms with Gasteiger partial charge >= 0.3 is 0 Å². The van der Waals surface area contributed by atoms with Crippen molar-refractivity contribution < 1.29 is 9.90 Å². The third-order valence-electron chi connectivity index (χ3n) is 1.75. The van der Waals surface area contributed by atoms with Crippen molar-refractivity contribution in [2.45, 2.75) is 12.5 Å². The van der Waals surface area contributed by atoms with Gasteiger partial charge < -0.3 is 5.11 Å². The number of benzene rings is 1. The lowest BCUT2D eigenvalue weighted by atomic mass is 10.1. The number of hydrogen-bond acceptors (Lipinski definition) is 2. The average Bonchev–Trinajstić information content (AvgIpc) is 2.18. The van der Waals surface area contributed by atoms with Crippen LogP contribution in [0, 0.1) is 6.07 Å². The predicted molar refractivity (Wildman–Crippen MR) is 50.2 cm³/mol. The number of hydrogen-bond donors (Lipinski definition) is 1. The molecular weight excluding hydrogens is 164 g/mol. The first kappa shape index (κ1) is 9.68. The molecule has 0 bridgehead atoms. The Morgan fingerprint density at radius 1 is 1.62 bits per heavy atom. The maximum absolute atomic E-state index is 10.9. The van der Waals surface area contributed by atoms with Crippen molar-refractivity contribution in [3.8, 4) is 0 Å². The second-order valence-corrected chi connectivity index (χ2v) is 2.73. The van der Waals surface area contributed by atoms with Gasteiger partial charge in [0, 0.05) is 6.42 Å². The van der Waals surface area contributed by atoms with E-state index in [-0.39, 0.29) is 5.78 Å². The number of carbonyl (C=O) groups excluding carboxylic acids is 1. The number of ketones is 1. The van der Waals surface area contributed by atoms with Crippen LogP contribution in [0.3, 0.4) is 0 Å². The Labute approximate surface area is 77.5 Å². The SMILES string of the molecule is C=CC(=O)C(O)Cc1cc[c]cc1. The fraction of sp³-hybridized carbons (Fsp3) is 0.182. The molecule has 0 saturated carbocycles. The summed E-state index contributed by atoms with van der Waals surface area (Å²) in [5.74, 6) is -0.340. The summed E-state index contributed by atoms with van der Waals surface area (Å²) in [6.07, 6.45) is 0.499. The first-order valence-corrected chi connectivity index (χ1v) is 4.03. The highest BCUT2D eigenvalue weighted by Gasteiger charge is 2.11. The van der Waals surface area contributed by atoms with Crippen LogP contribution < -0.4 is 0 Å². The van der Waals surface area contributed by atoms with Gasteiger partial charge in [-0.05, 0) is 17.7 Å². The van der Waals surface area contributed by atoms with Crippen molar-refractivity contribution in [1.82, 2.24) is 0 Å². The molecule has 1 rings (SSSR count). The van der Waals surface area contributed by atoms with Crippen molar-refractivity contribution >= 4 is 5.78 Å². The third kappa shape index (κ3) is 2.84. The van der Waals surface area contributed by atoms with E-state index in [1.165, 1.54) is 0 Å². The van der Waals surface area contributed by atoms with E-state index < -0.39 is 6.10 Å². The van der Waals surface area contributed by atoms with Crippen LogP contribution in [0.25, 0.3) is 0 Å². The van der Waals surface area contributed by atoms with Crippen LogP contribution >= 0.6 is 0 Å². The molecule has 0 amide bonds. The van der Waals surface area contributed by atoms with E-state index >= 15 is 0 Å². The largest absolute Gasteiger partial charge is 0.385 e. The van der Waals surface area contributed by atoms with Gasteiger partial charge in [0.25, 0.3) is 0 Å². The molecule has 1 N–H and O–H groups in total. The summed E-state index contributed by atoms with van der Waals surface area (Å²) in [5.41, 5.74) is 0.918. The first-order chi connectivity index (χ1) is 6.24. The zero-order chi connectivity index (χ0) is 9.68. The van der Waals surface area contributed by atoms with Gasteiger partial charge in [0.15, 0.2) is 5.78 Å². The minimum absolute atomic E-state index is 0.333. The van der Waals surface area contributed by atoms with Gasteiger partial charge in [0.1, 0.15) is 6.10 Å². The first-order valence-electron chi connectivity index (χ1n) is 4.03. The van der Waals surface area contributed by atoms with Crippen molar-refractivity contribution in [2.75, 3.05) is 0 Å². The molecule has 1 radical (unpaired) electrons. The van der Waals surface area contributed by atoms with E-state index in [0.29, 0.717) is 6.42 Å². The van der Waals surface area contributed by atoms with Crippen molar-refractivity contribution in [2.24, 2.45) is 0 Å². The van der Waals surface area contributed by atoms with Gasteiger partial charge in [-0.3, -0.25) is 4.79 Å². The molecule has 0 aliphatic rings. The van der Waals surface area contributed by atoms with Crippen LogP contribution in [0.15, 0.2) is 36.9 Å². The highest BCUT2D eigenvalue weighted by Crippen LogP contribution is 2.03. The summed E-state index contributed by atoms with van der Waals surface area (Å²) >= 11 is 0. The average molecular weight is 175 g/mol. The molecule has 1 aromatic rings. The summed E-state index contributed by atoms with van der Waals surface area (Å²) in [6, 6.07) is 10.0. The number of aliphatic hydroxyl groups excluding tert-OH is 1. The molecule has 1 atom stereocenters. The number of carbonyl (C=O) groups is 1. The molecule has 67 valence electrons. The molecule has 0 spiro atoms. The molecule has 0 aliphatic carbocycles. The van der Waals surface area contributed by atoms with Gasteiger partial charge in [0.2, 0.25) is 0 Å². The fourth-order valence-electron chi connectivity index (χ4n) is 1.02. The Bertz CT molecular complexity index is 290. The van der Waals surface area contributed by atoms with E-state index in [0.717, 1.165) is 11.6 Å². The van der Waals surface area contributed by atoms with Crippen LogP contribution in [-0.2, 0) is 11.2 Å². The smallest absolute Gasteiger partial charge is 0.183 e. The third-order valence-corrected chi connectivity index (χ3v) is 1.75. The lowest BCUT2D eigenvalue weighted by Gasteiger charge is -2.05. The molecule has 0 aliphatic heterocycles. The zero-order valence-electron chi connectivity index (χ0n) is 7.23. The van der Waals surface area contributed by atoms with Crippen molar-refractivity contribution in [3.63, 3.8) is 0 Å². The van der Waals surface area contributed by atoms with Crippen molar-refractivity contribution in [1.29, 1.82) is 0 Å². The standard InChI is InChI=1S/C11H11O2/c1-2-10(12)11(13)8-9-6-4-3-5-7-9/h2,4-7,11,13H,1,8H2. The lowest BCUT2D eigenvalue weighted by Crippen LogP contribution is -2.20. The summed E-state index contributed by atoms with van der Waals surface area (Å²) < 4.78 is 0. The monoisotopic (exact) mass is 175 g/mol. The van der Waals surface area contributed by atoms with Gasteiger partial charge in [-0.1, -0.05) is 30.8 Å². The minimum Gasteiger partial charge on any atom is -0.385 e. The number of aliphatic hydroxyl groups is 1. The number of rotatable bonds is 4. The molecule has 13 heavy (non-hydrogen) atoms. The maximum atomic E-state index is 10.9. The summed E-state index contributed by atoms with van der Waals surface area (Å²) in [6.45, 7) is 3.31. The summed E-state index contributed by atoms with van der Waals surface area (Å²) in [7, 11) is 0. The lowest BCUT2D eigenvalue weighted by molar-refractivity contribution is -0.122. The Kier molecular flexibility index (Phi) is 3.41. The summed E-state index contributed by atoms with van der Waals surface area (Å²) in [4.78, 5) is 10.9. The highest BCUT2D eigenvalue weighted by atomic mass is 16.3. The molecule has 2 heteroatoms. The van der Waals surface area contributed by atoms with E-state index in [2.05, 4.69) is 12.6 Å². The molecule has 0 fully saturated rings. The topological polar surface area (TPSA) is 37.3 Å². The summed E-state index contributed by atoms with van der Waals surface area (Å²) in [5, 5.41) is 9.34. The Hall–Kier alpha value is -1.41. The molecule has 2 nitrogen and oxygen atoms in total. The van der Waals surface area contributed by atoms with Crippen LogP contribution in [0.5, 0.6) is 0 Å². The van der Waals surface area contributed by atoms with Crippen LogP contribution in [0.1, 0.15) is 5.56 Å². The predicted octanol–water partition coefficient (Wildman–Crippen LogP) is 1.15. The molecule has 1 aromatic carbocycles. The van der Waals surface area contributed by atoms with E-state index in [1.54, 1.807) is 12.1 Å². The second-order valence-electron chi connectivity index (χ2n) is 2.73. The van der Waals surface area contributed by atoms with Crippen molar-refractivity contribution in [3.05, 3.63) is 48.6 Å². The Morgan fingerprint density at radius 2 is 2.23 bits per heavy atom. The molecule has 1 unspecified atom stereocenters. The normalized spacial score (nSPS) is 12.1. The van der Waals surface area contributed by atoms with Gasteiger partial charge in [-0.2, -0.15) is 0 Å². The van der Waals surface area contributed by atoms with Crippen LogP contribution in [0.2, 0.25) is 0 Å². The molecule has 0 saturated heterocycles. The van der Waals surface area contributed by atoms with Gasteiger partial charge in [-0.15, -0.1) is 0 Å². The van der Waals surface area contributed by atoms with Crippen LogP contribution in [0.4, 0.5) is 0 Å². The minimum atomic E-state index is -0.972. The maximum Gasteiger partial charge on any atom is 0.183 e. The molecule has 0 aromatic heterocycles. The van der Waals surface area contributed by atoms with E-state index in [1.807, 2.05) is 12.1 Å². The quantitative estimate of drug-likeness (QED) is 0.697. The second kappa shape index (κ2) is 4.58.